The Labute approximate surface area is 654 Å². The zero-order valence-corrected chi connectivity index (χ0v) is 69.0. The maximum atomic E-state index is 13.1. The van der Waals surface area contributed by atoms with Gasteiger partial charge >= 0.3 is 39.5 Å². The summed E-state index contributed by atoms with van der Waals surface area (Å²) >= 11 is 0. The summed E-state index contributed by atoms with van der Waals surface area (Å²) in [5, 5.41) is 10.7. The van der Waals surface area contributed by atoms with E-state index in [4.69, 9.17) is 37.0 Å². The molecule has 17 nitrogen and oxygen atoms in total. The maximum absolute atomic E-state index is 13.1. The highest BCUT2D eigenvalue weighted by Crippen LogP contribution is 2.45. The van der Waals surface area contributed by atoms with Crippen LogP contribution in [0.1, 0.15) is 310 Å². The van der Waals surface area contributed by atoms with Crippen molar-refractivity contribution in [1.82, 2.24) is 0 Å². The van der Waals surface area contributed by atoms with E-state index in [1.807, 2.05) is 24.3 Å². The number of aliphatic hydroxyl groups excluding tert-OH is 1. The van der Waals surface area contributed by atoms with Crippen LogP contribution < -0.4 is 0 Å². The summed E-state index contributed by atoms with van der Waals surface area (Å²) < 4.78 is 68.6. The summed E-state index contributed by atoms with van der Waals surface area (Å²) in [5.74, 6) is -2.36. The Hall–Kier alpha value is -5.58. The van der Waals surface area contributed by atoms with E-state index in [1.54, 1.807) is 0 Å². The first-order chi connectivity index (χ1) is 52.7. The fourth-order valence-electron chi connectivity index (χ4n) is 10.3. The number of allylic oxidation sites excluding steroid dienone is 28. The van der Waals surface area contributed by atoms with Gasteiger partial charge in [-0.25, -0.2) is 9.13 Å². The molecule has 19 heteroatoms. The average molecular weight is 1550 g/mol. The van der Waals surface area contributed by atoms with Crippen LogP contribution in [0.15, 0.2) is 170 Å². The van der Waals surface area contributed by atoms with E-state index >= 15 is 0 Å². The molecule has 0 radical (unpaired) electrons. The summed E-state index contributed by atoms with van der Waals surface area (Å²) in [6.07, 6.45) is 94.8. The van der Waals surface area contributed by atoms with Gasteiger partial charge < -0.3 is 33.8 Å². The summed E-state index contributed by atoms with van der Waals surface area (Å²) in [5.41, 5.74) is 0. The molecular formula is C89H146O17P2. The van der Waals surface area contributed by atoms with E-state index in [-0.39, 0.29) is 25.7 Å². The Bertz CT molecular complexity index is 2710. The van der Waals surface area contributed by atoms with Gasteiger partial charge in [0.05, 0.1) is 26.4 Å². The number of hydrogen-bond donors (Lipinski definition) is 3. The van der Waals surface area contributed by atoms with Crippen LogP contribution in [0.3, 0.4) is 0 Å². The van der Waals surface area contributed by atoms with Crippen LogP contribution in [0.25, 0.3) is 0 Å². The highest BCUT2D eigenvalue weighted by molar-refractivity contribution is 7.47. The monoisotopic (exact) mass is 1550 g/mol. The van der Waals surface area contributed by atoms with Crippen molar-refractivity contribution >= 4 is 39.5 Å². The highest BCUT2D eigenvalue weighted by Gasteiger charge is 2.30. The van der Waals surface area contributed by atoms with Crippen molar-refractivity contribution in [3.63, 3.8) is 0 Å². The van der Waals surface area contributed by atoms with E-state index in [0.29, 0.717) is 38.5 Å². The molecule has 614 valence electrons. The molecule has 0 bridgehead atoms. The Kier molecular flexibility index (Phi) is 75.4. The molecule has 0 aliphatic rings. The van der Waals surface area contributed by atoms with E-state index in [1.165, 1.54) is 77.0 Å². The summed E-state index contributed by atoms with van der Waals surface area (Å²) in [4.78, 5) is 73.1. The first-order valence-electron chi connectivity index (χ1n) is 41.4. The third-order valence-corrected chi connectivity index (χ3v) is 18.5. The van der Waals surface area contributed by atoms with Crippen LogP contribution in [-0.4, -0.2) is 96.7 Å². The van der Waals surface area contributed by atoms with E-state index < -0.39 is 97.5 Å². The molecule has 0 saturated heterocycles. The largest absolute Gasteiger partial charge is 0.472 e. The van der Waals surface area contributed by atoms with Gasteiger partial charge in [-0.1, -0.05) is 281 Å². The smallest absolute Gasteiger partial charge is 0.462 e. The van der Waals surface area contributed by atoms with Gasteiger partial charge in [0.2, 0.25) is 0 Å². The molecule has 5 atom stereocenters. The lowest BCUT2D eigenvalue weighted by atomic mass is 10.1. The van der Waals surface area contributed by atoms with Crippen molar-refractivity contribution in [3.8, 4) is 0 Å². The van der Waals surface area contributed by atoms with Crippen molar-refractivity contribution in [2.24, 2.45) is 0 Å². The zero-order chi connectivity index (χ0) is 78.9. The number of hydrogen-bond acceptors (Lipinski definition) is 15. The summed E-state index contributed by atoms with van der Waals surface area (Å²) in [6.45, 7) is 4.53. The highest BCUT2D eigenvalue weighted by atomic mass is 31.2. The molecule has 0 aromatic carbocycles. The van der Waals surface area contributed by atoms with Crippen LogP contribution in [-0.2, 0) is 65.4 Å². The fraction of sp³-hybridized carbons (Fsp3) is 0.640. The topological polar surface area (TPSA) is 237 Å². The molecule has 0 aliphatic heterocycles. The van der Waals surface area contributed by atoms with E-state index in [2.05, 4.69) is 174 Å². The maximum Gasteiger partial charge on any atom is 0.472 e. The summed E-state index contributed by atoms with van der Waals surface area (Å²) in [7, 11) is -10.0. The van der Waals surface area contributed by atoms with Crippen molar-refractivity contribution in [2.45, 2.75) is 329 Å². The lowest BCUT2D eigenvalue weighted by Gasteiger charge is -2.21. The standard InChI is InChI=1S/C89H146O17P2/c1-5-9-13-17-21-25-29-33-37-40-41-44-47-50-54-58-62-66-70-74-87(92)100-79-84(105-88(93)75-71-67-63-59-55-51-45-36-32-28-24-20-16-12-8-4)81-103-107(95,96)101-77-83(90)78-102-108(97,98)104-82-85(106-89(94)76-72-68-64-60-56-52-48-43-39-35-31-27-23-19-15-11-7-3)80-99-86(91)73-69-65-61-57-53-49-46-42-38-34-30-26-22-18-14-10-6-2/h9,13,21-23,25-27,33-39,41,44-46,48-50,52,54,57,60-61,64,83-85,90H,5-8,10-12,14-20,24,28-32,40,42-43,47,51,53,55-56,58-59,62-63,65-82H2,1-4H3,(H,95,96)(H,97,98)/b13-9-,25-21-,26-22-,27-23-,37-33-,38-34-,39-35-,44-41-,45-36-,49-46-,52-48-,54-50-,61-57-,64-60-/t83-,84-,85-/m1/s1. The molecule has 0 aliphatic carbocycles. The normalized spacial score (nSPS) is 14.7. The van der Waals surface area contributed by atoms with Gasteiger partial charge in [-0.05, 0) is 173 Å². The first kappa shape index (κ1) is 102. The minimum Gasteiger partial charge on any atom is -0.462 e. The van der Waals surface area contributed by atoms with Gasteiger partial charge in [0.1, 0.15) is 19.3 Å². The quantitative estimate of drug-likeness (QED) is 0.0169. The summed E-state index contributed by atoms with van der Waals surface area (Å²) in [6, 6.07) is 0. The molecule has 3 N–H and O–H groups in total. The van der Waals surface area contributed by atoms with Gasteiger partial charge in [0, 0.05) is 25.7 Å². The van der Waals surface area contributed by atoms with Crippen molar-refractivity contribution in [3.05, 3.63) is 170 Å². The third kappa shape index (κ3) is 78.5. The molecule has 0 rings (SSSR count). The van der Waals surface area contributed by atoms with Gasteiger partial charge in [-0.15, -0.1) is 0 Å². The third-order valence-electron chi connectivity index (χ3n) is 16.6. The number of aliphatic hydroxyl groups is 1. The predicted molar refractivity (Wildman–Crippen MR) is 445 cm³/mol. The SMILES string of the molecule is CC/C=C\C/C=C\C/C=C\C/C=C\C/C=C\CCCCCC(=O)OC[C@H](COP(=O)(O)OC[C@@H](O)COP(=O)(O)OC[C@@H](COC(=O)CCC/C=C\C/C=C\C/C=C\C/C=C\CCCCC)OC(=O)CCC/C=C\C/C=C\C/C=C\C/C=C\CCCCC)OC(=O)CCCCCCC/C=C\CCCCCCCC. The predicted octanol–water partition coefficient (Wildman–Crippen LogP) is 24.6. The number of unbranched alkanes of at least 4 members (excludes halogenated alkanes) is 22. The van der Waals surface area contributed by atoms with Crippen molar-refractivity contribution in [2.75, 3.05) is 39.6 Å². The molecule has 108 heavy (non-hydrogen) atoms. The first-order valence-corrected chi connectivity index (χ1v) is 44.4. The molecular weight excluding hydrogens is 1400 g/mol. The molecule has 0 saturated carbocycles. The Morgan fingerprint density at radius 3 is 0.824 bits per heavy atom. The van der Waals surface area contributed by atoms with Gasteiger partial charge in [-0.3, -0.25) is 37.3 Å². The van der Waals surface area contributed by atoms with E-state index in [0.717, 1.165) is 141 Å². The number of carbonyl (C=O) groups excluding carboxylic acids is 4. The lowest BCUT2D eigenvalue weighted by Crippen LogP contribution is -2.30. The number of rotatable bonds is 76. The van der Waals surface area contributed by atoms with Crippen LogP contribution in [0.2, 0.25) is 0 Å². The van der Waals surface area contributed by atoms with E-state index in [9.17, 15) is 43.2 Å². The second kappa shape index (κ2) is 79.5. The Morgan fingerprint density at radius 1 is 0.269 bits per heavy atom. The molecule has 0 spiro atoms. The van der Waals surface area contributed by atoms with Crippen LogP contribution in [0.4, 0.5) is 0 Å². The number of esters is 4. The van der Waals surface area contributed by atoms with Gasteiger partial charge in [0.15, 0.2) is 12.2 Å². The number of ether oxygens (including phenoxy) is 4. The van der Waals surface area contributed by atoms with Crippen LogP contribution in [0, 0.1) is 0 Å². The van der Waals surface area contributed by atoms with Gasteiger partial charge in [-0.2, -0.15) is 0 Å². The molecule has 0 aromatic rings. The fourth-order valence-corrected chi connectivity index (χ4v) is 11.9. The number of phosphoric acid groups is 2. The molecule has 0 heterocycles. The zero-order valence-electron chi connectivity index (χ0n) is 67.2. The van der Waals surface area contributed by atoms with Crippen LogP contribution >= 0.6 is 15.6 Å². The molecule has 0 amide bonds. The number of carbonyl (C=O) groups is 4. The lowest BCUT2D eigenvalue weighted by molar-refractivity contribution is -0.161. The number of phosphoric ester groups is 2. The second-order valence-corrected chi connectivity index (χ2v) is 29.9. The van der Waals surface area contributed by atoms with Crippen molar-refractivity contribution in [1.29, 1.82) is 0 Å². The van der Waals surface area contributed by atoms with Gasteiger partial charge in [0.25, 0.3) is 0 Å². The molecule has 0 fully saturated rings. The molecule has 0 aromatic heterocycles. The molecule has 2 unspecified atom stereocenters. The average Bonchev–Trinajstić information content (AvgIpc) is 0.901. The minimum atomic E-state index is -5.02. The Morgan fingerprint density at radius 2 is 0.491 bits per heavy atom. The van der Waals surface area contributed by atoms with Crippen molar-refractivity contribution < 1.29 is 80.2 Å². The van der Waals surface area contributed by atoms with Crippen LogP contribution in [0.5, 0.6) is 0 Å². The minimum absolute atomic E-state index is 0.00116. The Balaban J connectivity index is 5.52. The second-order valence-electron chi connectivity index (χ2n) is 27.0.